The summed E-state index contributed by atoms with van der Waals surface area (Å²) in [5.74, 6) is -0.319. The highest BCUT2D eigenvalue weighted by atomic mass is 127. The second-order valence-electron chi connectivity index (χ2n) is 5.03. The first kappa shape index (κ1) is 18.9. The molecule has 1 aliphatic rings. The van der Waals surface area contributed by atoms with E-state index in [1.165, 1.54) is 12.1 Å². The van der Waals surface area contributed by atoms with Crippen LogP contribution in [0.3, 0.4) is 0 Å². The minimum absolute atomic E-state index is 0. The van der Waals surface area contributed by atoms with Crippen LogP contribution in [-0.4, -0.2) is 25.1 Å². The molecule has 0 aliphatic heterocycles. The van der Waals surface area contributed by atoms with Crippen LogP contribution in [0.5, 0.6) is 0 Å². The summed E-state index contributed by atoms with van der Waals surface area (Å²) in [5.41, 5.74) is 0.485. The molecular formula is C16H22F2IN3. The molecular weight excluding hydrogens is 399 g/mol. The van der Waals surface area contributed by atoms with E-state index in [4.69, 9.17) is 0 Å². The van der Waals surface area contributed by atoms with Crippen molar-refractivity contribution >= 4 is 29.9 Å². The maximum atomic E-state index is 13.5. The van der Waals surface area contributed by atoms with Crippen molar-refractivity contribution in [1.82, 2.24) is 10.6 Å². The van der Waals surface area contributed by atoms with Gasteiger partial charge in [0.25, 0.3) is 0 Å². The number of nitrogens with zero attached hydrogens (tertiary/aromatic N) is 1. The zero-order valence-corrected chi connectivity index (χ0v) is 14.9. The lowest BCUT2D eigenvalue weighted by atomic mass is 10.1. The molecule has 0 atom stereocenters. The molecule has 0 spiro atoms. The Labute approximate surface area is 147 Å². The second-order valence-corrected chi connectivity index (χ2v) is 5.03. The molecule has 0 radical (unpaired) electrons. The van der Waals surface area contributed by atoms with Crippen molar-refractivity contribution < 1.29 is 8.78 Å². The Kier molecular flexibility index (Phi) is 8.37. The number of nitrogens with one attached hydrogen (secondary N) is 2. The Morgan fingerprint density at radius 3 is 2.64 bits per heavy atom. The fourth-order valence-corrected chi connectivity index (χ4v) is 2.26. The summed E-state index contributed by atoms with van der Waals surface area (Å²) in [6.45, 7) is 3.23. The van der Waals surface area contributed by atoms with Gasteiger partial charge >= 0.3 is 0 Å². The van der Waals surface area contributed by atoms with Gasteiger partial charge < -0.3 is 10.6 Å². The van der Waals surface area contributed by atoms with Gasteiger partial charge in [0, 0.05) is 25.2 Å². The highest BCUT2D eigenvalue weighted by molar-refractivity contribution is 14.0. The van der Waals surface area contributed by atoms with Crippen LogP contribution in [0.1, 0.15) is 25.3 Å². The van der Waals surface area contributed by atoms with Gasteiger partial charge in [-0.3, -0.25) is 4.99 Å². The number of aliphatic imine (C=N–C) groups is 1. The molecule has 1 aromatic rings. The van der Waals surface area contributed by atoms with Crippen LogP contribution >= 0.6 is 24.0 Å². The lowest BCUT2D eigenvalue weighted by molar-refractivity contribution is 0.571. The Hall–Kier alpha value is -1.18. The second kappa shape index (κ2) is 9.76. The molecule has 0 saturated heterocycles. The fraction of sp³-hybridized carbons (Fsp3) is 0.438. The first-order valence-electron chi connectivity index (χ1n) is 7.33. The molecule has 0 saturated carbocycles. The van der Waals surface area contributed by atoms with Crippen LogP contribution in [0, 0.1) is 11.6 Å². The first-order chi connectivity index (χ1) is 10.2. The lowest BCUT2D eigenvalue weighted by Crippen LogP contribution is -2.42. The lowest BCUT2D eigenvalue weighted by Gasteiger charge is -2.16. The summed E-state index contributed by atoms with van der Waals surface area (Å²) >= 11 is 0. The highest BCUT2D eigenvalue weighted by Gasteiger charge is 2.11. The van der Waals surface area contributed by atoms with Crippen molar-refractivity contribution in [2.75, 3.05) is 13.1 Å². The van der Waals surface area contributed by atoms with E-state index in [1.807, 2.05) is 6.92 Å². The fourth-order valence-electron chi connectivity index (χ4n) is 2.26. The average Bonchev–Trinajstić information content (AvgIpc) is 2.94. The third-order valence-electron chi connectivity index (χ3n) is 3.36. The number of benzene rings is 1. The third kappa shape index (κ3) is 5.90. The van der Waals surface area contributed by atoms with Crippen molar-refractivity contribution in [2.24, 2.45) is 4.99 Å². The Morgan fingerprint density at radius 2 is 2.00 bits per heavy atom. The van der Waals surface area contributed by atoms with Crippen molar-refractivity contribution in [2.45, 2.75) is 32.2 Å². The molecule has 0 bridgehead atoms. The first-order valence-corrected chi connectivity index (χ1v) is 7.33. The van der Waals surface area contributed by atoms with Gasteiger partial charge in [-0.15, -0.1) is 24.0 Å². The van der Waals surface area contributed by atoms with Gasteiger partial charge in [0.1, 0.15) is 11.6 Å². The summed E-state index contributed by atoms with van der Waals surface area (Å²) in [6.07, 6.45) is 6.74. The van der Waals surface area contributed by atoms with Gasteiger partial charge in [0.15, 0.2) is 5.96 Å². The Morgan fingerprint density at radius 1 is 1.27 bits per heavy atom. The standard InChI is InChI=1S/C16H21F2N3.HI/c1-2-19-16(21-14-5-3-4-6-14)20-10-9-12-7-8-13(17)11-15(12)18;/h3-4,7-8,11,14H,2,5-6,9-10H2,1H3,(H2,19,20,21);1H. The van der Waals surface area contributed by atoms with E-state index in [0.29, 0.717) is 24.6 Å². The van der Waals surface area contributed by atoms with Gasteiger partial charge in [0.2, 0.25) is 0 Å². The Bertz CT molecular complexity index is 524. The summed E-state index contributed by atoms with van der Waals surface area (Å²) in [5, 5.41) is 6.53. The van der Waals surface area contributed by atoms with Crippen molar-refractivity contribution in [1.29, 1.82) is 0 Å². The van der Waals surface area contributed by atoms with Crippen molar-refractivity contribution in [3.05, 3.63) is 47.5 Å². The number of halogens is 3. The van der Waals surface area contributed by atoms with Gasteiger partial charge in [-0.25, -0.2) is 8.78 Å². The summed E-state index contributed by atoms with van der Waals surface area (Å²) in [7, 11) is 0. The zero-order chi connectivity index (χ0) is 15.1. The number of guanidine groups is 1. The number of hydrogen-bond acceptors (Lipinski definition) is 1. The van der Waals surface area contributed by atoms with Crippen molar-refractivity contribution in [3.63, 3.8) is 0 Å². The number of hydrogen-bond donors (Lipinski definition) is 2. The molecule has 0 heterocycles. The SMILES string of the molecule is CCNC(=NCCc1ccc(F)cc1F)NC1CC=CC1.I. The molecule has 0 fully saturated rings. The molecule has 6 heteroatoms. The molecule has 2 N–H and O–H groups in total. The third-order valence-corrected chi connectivity index (χ3v) is 3.36. The normalized spacial score (nSPS) is 14.8. The van der Waals surface area contributed by atoms with E-state index in [9.17, 15) is 8.78 Å². The minimum Gasteiger partial charge on any atom is -0.357 e. The highest BCUT2D eigenvalue weighted by Crippen LogP contribution is 2.11. The number of rotatable bonds is 5. The molecule has 0 amide bonds. The van der Waals surface area contributed by atoms with E-state index < -0.39 is 11.6 Å². The minimum atomic E-state index is -0.552. The molecule has 2 rings (SSSR count). The molecule has 22 heavy (non-hydrogen) atoms. The monoisotopic (exact) mass is 421 g/mol. The predicted molar refractivity (Wildman–Crippen MR) is 96.8 cm³/mol. The van der Waals surface area contributed by atoms with Gasteiger partial charge in [-0.05, 0) is 37.8 Å². The molecule has 1 aromatic carbocycles. The van der Waals surface area contributed by atoms with E-state index in [1.54, 1.807) is 0 Å². The van der Waals surface area contributed by atoms with Gasteiger partial charge in [-0.2, -0.15) is 0 Å². The van der Waals surface area contributed by atoms with Crippen LogP contribution in [0.25, 0.3) is 0 Å². The Balaban J connectivity index is 0.00000242. The largest absolute Gasteiger partial charge is 0.357 e. The van der Waals surface area contributed by atoms with Crippen LogP contribution in [-0.2, 0) is 6.42 Å². The average molecular weight is 421 g/mol. The summed E-state index contributed by atoms with van der Waals surface area (Å²) in [6, 6.07) is 4.04. The van der Waals surface area contributed by atoms with E-state index >= 15 is 0 Å². The van der Waals surface area contributed by atoms with Crippen LogP contribution in [0.4, 0.5) is 8.78 Å². The summed E-state index contributed by atoms with van der Waals surface area (Å²) < 4.78 is 26.4. The molecule has 0 aromatic heterocycles. The van der Waals surface area contributed by atoms with Crippen LogP contribution in [0.15, 0.2) is 35.3 Å². The maximum Gasteiger partial charge on any atom is 0.191 e. The molecule has 0 unspecified atom stereocenters. The molecule has 1 aliphatic carbocycles. The van der Waals surface area contributed by atoms with Crippen LogP contribution < -0.4 is 10.6 Å². The quantitative estimate of drug-likeness (QED) is 0.331. The van der Waals surface area contributed by atoms with Crippen molar-refractivity contribution in [3.8, 4) is 0 Å². The van der Waals surface area contributed by atoms with E-state index in [2.05, 4.69) is 27.8 Å². The molecule has 122 valence electrons. The van der Waals surface area contributed by atoms with E-state index in [-0.39, 0.29) is 24.0 Å². The summed E-state index contributed by atoms with van der Waals surface area (Å²) in [4.78, 5) is 4.44. The smallest absolute Gasteiger partial charge is 0.191 e. The van der Waals surface area contributed by atoms with Gasteiger partial charge in [-0.1, -0.05) is 18.2 Å². The van der Waals surface area contributed by atoms with Gasteiger partial charge in [0.05, 0.1) is 0 Å². The zero-order valence-electron chi connectivity index (χ0n) is 12.6. The van der Waals surface area contributed by atoms with Crippen LogP contribution in [0.2, 0.25) is 0 Å². The topological polar surface area (TPSA) is 36.4 Å². The molecule has 3 nitrogen and oxygen atoms in total. The predicted octanol–water partition coefficient (Wildman–Crippen LogP) is 3.40. The van der Waals surface area contributed by atoms with E-state index in [0.717, 1.165) is 31.4 Å². The maximum absolute atomic E-state index is 13.5.